The van der Waals surface area contributed by atoms with Crippen LogP contribution in [0.25, 0.3) is 10.9 Å². The summed E-state index contributed by atoms with van der Waals surface area (Å²) in [5.74, 6) is -3.07. The zero-order chi connectivity index (χ0) is 25.8. The lowest BCUT2D eigenvalue weighted by Crippen LogP contribution is -2.41. The number of fused-ring (bicyclic) bond motifs is 1. The van der Waals surface area contributed by atoms with Gasteiger partial charge in [0.15, 0.2) is 11.5 Å². The number of aromatic nitrogens is 2. The predicted octanol–water partition coefficient (Wildman–Crippen LogP) is 4.98. The summed E-state index contributed by atoms with van der Waals surface area (Å²) in [6.07, 6.45) is 0. The van der Waals surface area contributed by atoms with E-state index in [0.717, 1.165) is 19.9 Å². The third kappa shape index (κ3) is 5.76. The van der Waals surface area contributed by atoms with Gasteiger partial charge in [-0.1, -0.05) is 12.1 Å². The van der Waals surface area contributed by atoms with Crippen LogP contribution in [0.2, 0.25) is 0 Å². The minimum Gasteiger partial charge on any atom is -0.490 e. The first-order valence-corrected chi connectivity index (χ1v) is 11.2. The lowest BCUT2D eigenvalue weighted by Gasteiger charge is -2.30. The van der Waals surface area contributed by atoms with Gasteiger partial charge in [-0.05, 0) is 39.8 Å². The first-order valence-electron chi connectivity index (χ1n) is 11.2. The molecule has 2 N–H and O–H groups in total. The maximum absolute atomic E-state index is 15.1. The van der Waals surface area contributed by atoms with Crippen molar-refractivity contribution in [2.45, 2.75) is 45.8 Å². The molecule has 0 saturated heterocycles. The van der Waals surface area contributed by atoms with Gasteiger partial charge in [0.1, 0.15) is 29.7 Å². The maximum atomic E-state index is 15.1. The van der Waals surface area contributed by atoms with Crippen molar-refractivity contribution in [2.24, 2.45) is 0 Å². The van der Waals surface area contributed by atoms with E-state index in [2.05, 4.69) is 15.3 Å². The van der Waals surface area contributed by atoms with Crippen LogP contribution in [0.5, 0.6) is 11.5 Å². The number of aliphatic hydroxyl groups is 1. The number of nitrogens with zero attached hydrogens (tertiary/aromatic N) is 2. The summed E-state index contributed by atoms with van der Waals surface area (Å²) in [7, 11) is 1.57. The fourth-order valence-electron chi connectivity index (χ4n) is 3.47. The van der Waals surface area contributed by atoms with Gasteiger partial charge in [-0.25, -0.2) is 14.4 Å². The zero-order valence-electron chi connectivity index (χ0n) is 20.4. The Morgan fingerprint density at radius 2 is 1.77 bits per heavy atom. The molecule has 0 amide bonds. The molecule has 10 heteroatoms. The lowest BCUT2D eigenvalue weighted by molar-refractivity contribution is -0.170. The number of nitrogens with one attached hydrogen (secondary N) is 1. The molecule has 0 spiro atoms. The van der Waals surface area contributed by atoms with Gasteiger partial charge in [-0.2, -0.15) is 8.78 Å². The van der Waals surface area contributed by atoms with E-state index >= 15 is 4.39 Å². The van der Waals surface area contributed by atoms with E-state index in [1.54, 1.807) is 26.2 Å². The first-order chi connectivity index (χ1) is 16.5. The number of benzene rings is 2. The van der Waals surface area contributed by atoms with E-state index in [0.29, 0.717) is 53.9 Å². The average Bonchev–Trinajstić information content (AvgIpc) is 2.78. The number of methoxy groups -OCH3 is 1. The molecule has 1 heterocycles. The molecular weight excluding hydrogens is 463 g/mol. The van der Waals surface area contributed by atoms with Crippen molar-refractivity contribution in [1.82, 2.24) is 9.97 Å². The first kappa shape index (κ1) is 26.5. The van der Waals surface area contributed by atoms with Gasteiger partial charge < -0.3 is 24.6 Å². The van der Waals surface area contributed by atoms with Crippen LogP contribution >= 0.6 is 0 Å². The molecule has 2 aromatic carbocycles. The van der Waals surface area contributed by atoms with E-state index in [9.17, 15) is 13.9 Å². The molecular formula is C25H30F3N3O4. The van der Waals surface area contributed by atoms with Crippen LogP contribution in [-0.2, 0) is 17.2 Å². The number of hydrogen-bond donors (Lipinski definition) is 2. The summed E-state index contributed by atoms with van der Waals surface area (Å²) in [4.78, 5) is 8.87. The smallest absolute Gasteiger partial charge is 0.303 e. The monoisotopic (exact) mass is 493 g/mol. The highest BCUT2D eigenvalue weighted by Gasteiger charge is 2.48. The van der Waals surface area contributed by atoms with Crippen LogP contribution in [0.4, 0.5) is 19.0 Å². The predicted molar refractivity (Wildman–Crippen MR) is 127 cm³/mol. The lowest BCUT2D eigenvalue weighted by atomic mass is 9.92. The Kier molecular flexibility index (Phi) is 8.07. The minimum absolute atomic E-state index is 0.00153. The molecule has 35 heavy (non-hydrogen) atoms. The second-order valence-corrected chi connectivity index (χ2v) is 8.48. The molecule has 0 saturated carbocycles. The van der Waals surface area contributed by atoms with Crippen molar-refractivity contribution in [2.75, 3.05) is 32.2 Å². The quantitative estimate of drug-likeness (QED) is 0.365. The average molecular weight is 494 g/mol. The Morgan fingerprint density at radius 3 is 2.43 bits per heavy atom. The Morgan fingerprint density at radius 1 is 1.06 bits per heavy atom. The fraction of sp³-hybridized carbons (Fsp3) is 0.440. The van der Waals surface area contributed by atoms with Gasteiger partial charge in [0, 0.05) is 30.7 Å². The van der Waals surface area contributed by atoms with Crippen LogP contribution in [0.1, 0.15) is 37.7 Å². The van der Waals surface area contributed by atoms with Crippen molar-refractivity contribution < 1.29 is 32.5 Å². The third-order valence-corrected chi connectivity index (χ3v) is 5.35. The van der Waals surface area contributed by atoms with Crippen molar-refractivity contribution >= 4 is 16.7 Å². The third-order valence-electron chi connectivity index (χ3n) is 5.35. The summed E-state index contributed by atoms with van der Waals surface area (Å²) < 4.78 is 60.8. The summed E-state index contributed by atoms with van der Waals surface area (Å²) in [6.45, 7) is 6.41. The van der Waals surface area contributed by atoms with E-state index in [1.807, 2.05) is 6.92 Å². The van der Waals surface area contributed by atoms with E-state index in [4.69, 9.17) is 14.2 Å². The van der Waals surface area contributed by atoms with E-state index in [1.165, 1.54) is 12.1 Å². The Labute approximate surface area is 202 Å². The molecule has 0 unspecified atom stereocenters. The molecule has 0 aliphatic carbocycles. The van der Waals surface area contributed by atoms with Crippen LogP contribution in [0.3, 0.4) is 0 Å². The number of ether oxygens (including phenoxy) is 3. The number of halogens is 3. The SMILES string of the molecule is CCOc1cc2nc(C)nc(NCc3cccc(C(F)(F)C(C)(C)O)c3F)c2cc1OCCOC. The molecule has 0 aliphatic rings. The highest BCUT2D eigenvalue weighted by atomic mass is 19.3. The summed E-state index contributed by atoms with van der Waals surface area (Å²) >= 11 is 0. The molecule has 3 rings (SSSR count). The Balaban J connectivity index is 1.97. The van der Waals surface area contributed by atoms with Crippen molar-refractivity contribution in [3.8, 4) is 11.5 Å². The van der Waals surface area contributed by atoms with Crippen LogP contribution < -0.4 is 14.8 Å². The van der Waals surface area contributed by atoms with Crippen molar-refractivity contribution in [3.05, 3.63) is 53.1 Å². The van der Waals surface area contributed by atoms with Crippen LogP contribution in [0, 0.1) is 12.7 Å². The molecule has 190 valence electrons. The summed E-state index contributed by atoms with van der Waals surface area (Å²) in [5, 5.41) is 13.5. The summed E-state index contributed by atoms with van der Waals surface area (Å²) in [5.41, 5.74) is -2.73. The largest absolute Gasteiger partial charge is 0.490 e. The minimum atomic E-state index is -3.78. The van der Waals surface area contributed by atoms with Crippen molar-refractivity contribution in [3.63, 3.8) is 0 Å². The van der Waals surface area contributed by atoms with Gasteiger partial charge in [-0.3, -0.25) is 0 Å². The van der Waals surface area contributed by atoms with Gasteiger partial charge in [0.2, 0.25) is 0 Å². The molecule has 0 atom stereocenters. The van der Waals surface area contributed by atoms with Gasteiger partial charge >= 0.3 is 5.92 Å². The number of aryl methyl sites for hydroxylation is 1. The topological polar surface area (TPSA) is 85.7 Å². The Bertz CT molecular complexity index is 1180. The standard InChI is InChI=1S/C25H30F3N3O4/c1-6-34-21-13-19-17(12-20(21)35-11-10-33-5)23(31-15(2)30-19)29-14-16-8-7-9-18(22(16)26)25(27,28)24(3,4)32/h7-9,12-13,32H,6,10-11,14H2,1-5H3,(H,29,30,31). The second kappa shape index (κ2) is 10.7. The molecule has 7 nitrogen and oxygen atoms in total. The van der Waals surface area contributed by atoms with E-state index in [-0.39, 0.29) is 12.1 Å². The van der Waals surface area contributed by atoms with Gasteiger partial charge in [0.25, 0.3) is 0 Å². The van der Waals surface area contributed by atoms with Crippen molar-refractivity contribution in [1.29, 1.82) is 0 Å². The number of rotatable bonds is 11. The molecule has 1 aromatic heterocycles. The maximum Gasteiger partial charge on any atom is 0.303 e. The molecule has 0 radical (unpaired) electrons. The zero-order valence-corrected chi connectivity index (χ0v) is 20.4. The Hall–Kier alpha value is -3.11. The number of hydrogen-bond acceptors (Lipinski definition) is 7. The van der Waals surface area contributed by atoms with Crippen LogP contribution in [0.15, 0.2) is 30.3 Å². The highest BCUT2D eigenvalue weighted by Crippen LogP contribution is 2.40. The number of anilines is 1. The van der Waals surface area contributed by atoms with E-state index < -0.39 is 22.9 Å². The fourth-order valence-corrected chi connectivity index (χ4v) is 3.47. The normalized spacial score (nSPS) is 12.1. The molecule has 3 aromatic rings. The summed E-state index contributed by atoms with van der Waals surface area (Å²) in [6, 6.07) is 7.14. The highest BCUT2D eigenvalue weighted by molar-refractivity contribution is 5.91. The molecule has 0 bridgehead atoms. The molecule has 0 fully saturated rings. The van der Waals surface area contributed by atoms with Gasteiger partial charge in [-0.15, -0.1) is 0 Å². The number of alkyl halides is 2. The second-order valence-electron chi connectivity index (χ2n) is 8.48. The molecule has 0 aliphatic heterocycles. The van der Waals surface area contributed by atoms with Gasteiger partial charge in [0.05, 0.1) is 24.3 Å². The van der Waals surface area contributed by atoms with Crippen LogP contribution in [-0.4, -0.2) is 47.6 Å².